The summed E-state index contributed by atoms with van der Waals surface area (Å²) in [6.45, 7) is 3.43. The number of hydrogen-bond acceptors (Lipinski definition) is 3. The maximum absolute atomic E-state index is 11.3. The molecule has 14 heavy (non-hydrogen) atoms. The van der Waals surface area contributed by atoms with Crippen molar-refractivity contribution in [3.05, 3.63) is 18.2 Å². The number of nitrogens with two attached hydrogens (primary N) is 1. The van der Waals surface area contributed by atoms with Crippen LogP contribution in [0.25, 0.3) is 0 Å². The summed E-state index contributed by atoms with van der Waals surface area (Å²) in [7, 11) is 0. The number of amides is 3. The van der Waals surface area contributed by atoms with Crippen LogP contribution in [0.2, 0.25) is 0 Å². The molecule has 0 saturated carbocycles. The number of imide groups is 1. The minimum absolute atomic E-state index is 0.446. The van der Waals surface area contributed by atoms with Gasteiger partial charge < -0.3 is 10.3 Å². The quantitative estimate of drug-likeness (QED) is 0.694. The minimum atomic E-state index is -0.848. The third kappa shape index (κ3) is 2.09. The van der Waals surface area contributed by atoms with Gasteiger partial charge in [-0.1, -0.05) is 0 Å². The molecule has 0 radical (unpaired) electrons. The average molecular weight is 196 g/mol. The lowest BCUT2D eigenvalue weighted by Gasteiger charge is -2.13. The van der Waals surface area contributed by atoms with Gasteiger partial charge in [0.1, 0.15) is 11.9 Å². The summed E-state index contributed by atoms with van der Waals surface area (Å²) < 4.78 is 1.65. The molecule has 0 aliphatic carbocycles. The van der Waals surface area contributed by atoms with E-state index in [1.165, 1.54) is 0 Å². The Balaban J connectivity index is 2.75. The highest BCUT2D eigenvalue weighted by molar-refractivity contribution is 5.95. The molecule has 76 valence electrons. The normalized spacial score (nSPS) is 12.1. The van der Waals surface area contributed by atoms with Crippen molar-refractivity contribution in [3.8, 4) is 0 Å². The lowest BCUT2D eigenvalue weighted by Crippen LogP contribution is -2.39. The van der Waals surface area contributed by atoms with Gasteiger partial charge in [0, 0.05) is 12.4 Å². The van der Waals surface area contributed by atoms with Gasteiger partial charge >= 0.3 is 6.03 Å². The number of primary amides is 1. The van der Waals surface area contributed by atoms with Gasteiger partial charge in [-0.3, -0.25) is 10.1 Å². The van der Waals surface area contributed by atoms with Crippen LogP contribution in [-0.2, 0) is 4.79 Å². The zero-order chi connectivity index (χ0) is 10.7. The molecule has 1 heterocycles. The lowest BCUT2D eigenvalue weighted by molar-refractivity contribution is -0.122. The number of carbonyl (C=O) groups excluding carboxylic acids is 2. The van der Waals surface area contributed by atoms with Gasteiger partial charge in [0.15, 0.2) is 0 Å². The molecule has 0 aliphatic heterocycles. The van der Waals surface area contributed by atoms with Crippen molar-refractivity contribution in [3.63, 3.8) is 0 Å². The Morgan fingerprint density at radius 2 is 2.29 bits per heavy atom. The van der Waals surface area contributed by atoms with E-state index in [0.29, 0.717) is 5.82 Å². The van der Waals surface area contributed by atoms with Crippen LogP contribution in [0.5, 0.6) is 0 Å². The van der Waals surface area contributed by atoms with Crippen molar-refractivity contribution < 1.29 is 9.59 Å². The molecule has 0 aromatic carbocycles. The summed E-state index contributed by atoms with van der Waals surface area (Å²) in [5.74, 6) is 0.260. The first-order valence-electron chi connectivity index (χ1n) is 4.12. The van der Waals surface area contributed by atoms with Gasteiger partial charge in [0.05, 0.1) is 0 Å². The number of nitrogens with one attached hydrogen (secondary N) is 1. The van der Waals surface area contributed by atoms with Crippen molar-refractivity contribution in [2.24, 2.45) is 5.73 Å². The molecular formula is C8H12N4O2. The van der Waals surface area contributed by atoms with Gasteiger partial charge in [-0.2, -0.15) is 0 Å². The third-order valence-corrected chi connectivity index (χ3v) is 1.91. The zero-order valence-corrected chi connectivity index (χ0v) is 8.02. The number of aromatic nitrogens is 2. The molecule has 1 aromatic heterocycles. The highest BCUT2D eigenvalue weighted by atomic mass is 16.2. The number of imidazole rings is 1. The fourth-order valence-electron chi connectivity index (χ4n) is 1.15. The Morgan fingerprint density at radius 1 is 1.64 bits per heavy atom. The third-order valence-electron chi connectivity index (χ3n) is 1.91. The van der Waals surface area contributed by atoms with Gasteiger partial charge in [-0.05, 0) is 13.8 Å². The van der Waals surface area contributed by atoms with E-state index in [1.54, 1.807) is 30.8 Å². The van der Waals surface area contributed by atoms with Gasteiger partial charge in [-0.25, -0.2) is 9.78 Å². The Hall–Kier alpha value is -1.85. The predicted octanol–water partition coefficient (Wildman–Crippen LogP) is -0.0526. The number of nitrogens with zero attached hydrogens (tertiary/aromatic N) is 2. The second kappa shape index (κ2) is 3.91. The van der Waals surface area contributed by atoms with Crippen LogP contribution >= 0.6 is 0 Å². The van der Waals surface area contributed by atoms with Gasteiger partial charge in [0.25, 0.3) is 5.91 Å². The molecule has 1 unspecified atom stereocenters. The standard InChI is InChI=1S/C8H12N4O2/c1-5(7(13)11-8(9)14)12-4-3-10-6(12)2/h3-5H,1-2H3,(H3,9,11,13,14). The Labute approximate surface area is 81.1 Å². The maximum Gasteiger partial charge on any atom is 0.318 e. The SMILES string of the molecule is Cc1nccn1C(C)C(=O)NC(N)=O. The molecule has 0 saturated heterocycles. The van der Waals surface area contributed by atoms with E-state index in [1.807, 2.05) is 5.32 Å². The summed E-state index contributed by atoms with van der Waals surface area (Å²) in [6, 6.07) is -1.34. The molecule has 0 fully saturated rings. The molecule has 3 N–H and O–H groups in total. The molecule has 1 atom stereocenters. The van der Waals surface area contributed by atoms with Crippen LogP contribution in [0.1, 0.15) is 18.8 Å². The van der Waals surface area contributed by atoms with Crippen molar-refractivity contribution in [1.82, 2.24) is 14.9 Å². The van der Waals surface area contributed by atoms with Crippen LogP contribution < -0.4 is 11.1 Å². The van der Waals surface area contributed by atoms with Gasteiger partial charge in [-0.15, -0.1) is 0 Å². The van der Waals surface area contributed by atoms with E-state index in [-0.39, 0.29) is 0 Å². The molecular weight excluding hydrogens is 184 g/mol. The lowest BCUT2D eigenvalue weighted by atomic mass is 10.3. The average Bonchev–Trinajstić information content (AvgIpc) is 2.48. The zero-order valence-electron chi connectivity index (χ0n) is 8.02. The molecule has 3 amide bonds. The predicted molar refractivity (Wildman–Crippen MR) is 49.4 cm³/mol. The van der Waals surface area contributed by atoms with Crippen molar-refractivity contribution >= 4 is 11.9 Å². The topological polar surface area (TPSA) is 90.0 Å². The maximum atomic E-state index is 11.3. The Kier molecular flexibility index (Phi) is 2.85. The largest absolute Gasteiger partial charge is 0.351 e. The van der Waals surface area contributed by atoms with Gasteiger partial charge in [0.2, 0.25) is 0 Å². The second-order valence-corrected chi connectivity index (χ2v) is 2.91. The van der Waals surface area contributed by atoms with Crippen LogP contribution in [0.3, 0.4) is 0 Å². The fourth-order valence-corrected chi connectivity index (χ4v) is 1.15. The molecule has 1 rings (SSSR count). The summed E-state index contributed by atoms with van der Waals surface area (Å²) >= 11 is 0. The number of aryl methyl sites for hydroxylation is 1. The van der Waals surface area contributed by atoms with E-state index in [0.717, 1.165) is 0 Å². The smallest absolute Gasteiger partial charge is 0.318 e. The Morgan fingerprint density at radius 3 is 2.71 bits per heavy atom. The second-order valence-electron chi connectivity index (χ2n) is 2.91. The van der Waals surface area contributed by atoms with Crippen LogP contribution in [-0.4, -0.2) is 21.5 Å². The summed E-state index contributed by atoms with van der Waals surface area (Å²) in [4.78, 5) is 25.7. The van der Waals surface area contributed by atoms with E-state index in [4.69, 9.17) is 5.73 Å². The minimum Gasteiger partial charge on any atom is -0.351 e. The number of rotatable bonds is 2. The van der Waals surface area contributed by atoms with Crippen LogP contribution in [0.4, 0.5) is 4.79 Å². The van der Waals surface area contributed by atoms with E-state index in [2.05, 4.69) is 4.98 Å². The van der Waals surface area contributed by atoms with Crippen molar-refractivity contribution in [1.29, 1.82) is 0 Å². The van der Waals surface area contributed by atoms with Crippen molar-refractivity contribution in [2.45, 2.75) is 19.9 Å². The molecule has 0 aliphatic rings. The highest BCUT2D eigenvalue weighted by Crippen LogP contribution is 2.07. The number of hydrogen-bond donors (Lipinski definition) is 2. The number of carbonyl (C=O) groups is 2. The summed E-state index contributed by atoms with van der Waals surface area (Å²) in [6.07, 6.45) is 3.25. The first-order chi connectivity index (χ1) is 6.52. The summed E-state index contributed by atoms with van der Waals surface area (Å²) in [5, 5.41) is 2.01. The Bertz CT molecular complexity index is 358. The van der Waals surface area contributed by atoms with Crippen LogP contribution in [0.15, 0.2) is 12.4 Å². The molecule has 0 spiro atoms. The van der Waals surface area contributed by atoms with E-state index in [9.17, 15) is 9.59 Å². The molecule has 6 nitrogen and oxygen atoms in total. The fraction of sp³-hybridized carbons (Fsp3) is 0.375. The van der Waals surface area contributed by atoms with Crippen LogP contribution in [0, 0.1) is 6.92 Å². The highest BCUT2D eigenvalue weighted by Gasteiger charge is 2.16. The first-order valence-corrected chi connectivity index (χ1v) is 4.12. The first kappa shape index (κ1) is 10.2. The molecule has 6 heteroatoms. The molecule has 1 aromatic rings. The summed E-state index contributed by atoms with van der Waals surface area (Å²) in [5.41, 5.74) is 4.83. The monoisotopic (exact) mass is 196 g/mol. The molecule has 0 bridgehead atoms. The van der Waals surface area contributed by atoms with Crippen molar-refractivity contribution in [2.75, 3.05) is 0 Å². The van der Waals surface area contributed by atoms with E-state index >= 15 is 0 Å². The number of urea groups is 1. The van der Waals surface area contributed by atoms with E-state index < -0.39 is 18.0 Å².